The molecule has 0 aliphatic carbocycles. The van der Waals surface area contributed by atoms with Crippen molar-refractivity contribution >= 4 is 21.7 Å². The van der Waals surface area contributed by atoms with Crippen molar-refractivity contribution in [3.05, 3.63) is 69.4 Å². The molecule has 0 bridgehead atoms. The van der Waals surface area contributed by atoms with Crippen LogP contribution in [0.4, 0.5) is 13.2 Å². The fourth-order valence-corrected chi connectivity index (χ4v) is 2.16. The first-order chi connectivity index (χ1) is 9.00. The highest BCUT2D eigenvalue weighted by Gasteiger charge is 2.17. The molecule has 0 saturated heterocycles. The number of hydrogen-bond acceptors (Lipinski definition) is 1. The summed E-state index contributed by atoms with van der Waals surface area (Å²) in [6.07, 6.45) is -0.458. The van der Waals surface area contributed by atoms with Gasteiger partial charge in [-0.15, -0.1) is 0 Å². The van der Waals surface area contributed by atoms with E-state index in [2.05, 4.69) is 15.9 Å². The maximum atomic E-state index is 13.4. The molecule has 0 saturated carbocycles. The number of Topliss-reactive ketones (excluding diaryl/α,β-unsaturated/α-hetero) is 1. The van der Waals surface area contributed by atoms with Crippen LogP contribution in [0.3, 0.4) is 0 Å². The number of ketones is 1. The van der Waals surface area contributed by atoms with Gasteiger partial charge >= 0.3 is 0 Å². The molecule has 2 rings (SSSR count). The van der Waals surface area contributed by atoms with Gasteiger partial charge in [0.25, 0.3) is 0 Å². The van der Waals surface area contributed by atoms with E-state index in [-0.39, 0.29) is 15.6 Å². The minimum Gasteiger partial charge on any atom is -0.294 e. The zero-order chi connectivity index (χ0) is 14.0. The third kappa shape index (κ3) is 2.87. The third-order valence-corrected chi connectivity index (χ3v) is 3.46. The molecule has 0 fully saturated rings. The van der Waals surface area contributed by atoms with Crippen molar-refractivity contribution in [3.63, 3.8) is 0 Å². The van der Waals surface area contributed by atoms with Crippen molar-refractivity contribution in [3.8, 4) is 0 Å². The second-order valence-corrected chi connectivity index (χ2v) is 4.69. The number of hydrogen-bond donors (Lipinski definition) is 0. The Morgan fingerprint density at radius 2 is 1.47 bits per heavy atom. The van der Waals surface area contributed by atoms with Crippen LogP contribution in [0.1, 0.15) is 15.9 Å². The van der Waals surface area contributed by atoms with Gasteiger partial charge < -0.3 is 0 Å². The number of rotatable bonds is 3. The summed E-state index contributed by atoms with van der Waals surface area (Å²) in [7, 11) is 0. The first-order valence-electron chi connectivity index (χ1n) is 5.41. The normalized spacial score (nSPS) is 10.5. The third-order valence-electron chi connectivity index (χ3n) is 2.65. The van der Waals surface area contributed by atoms with Gasteiger partial charge in [-0.25, -0.2) is 13.2 Å². The zero-order valence-electron chi connectivity index (χ0n) is 9.59. The Morgan fingerprint density at radius 1 is 0.947 bits per heavy atom. The quantitative estimate of drug-likeness (QED) is 0.768. The van der Waals surface area contributed by atoms with Gasteiger partial charge in [0, 0.05) is 17.5 Å². The molecule has 2 aromatic carbocycles. The Balaban J connectivity index is 2.34. The van der Waals surface area contributed by atoms with Crippen LogP contribution in [0.5, 0.6) is 0 Å². The van der Waals surface area contributed by atoms with Gasteiger partial charge in [-0.1, -0.05) is 18.2 Å². The number of carbonyl (C=O) groups is 1. The molecule has 0 atom stereocenters. The van der Waals surface area contributed by atoms with E-state index < -0.39 is 29.7 Å². The average molecular weight is 329 g/mol. The van der Waals surface area contributed by atoms with E-state index in [1.807, 2.05) is 0 Å². The molecule has 1 nitrogen and oxygen atoms in total. The molecule has 0 N–H and O–H groups in total. The van der Waals surface area contributed by atoms with Crippen LogP contribution < -0.4 is 0 Å². The lowest BCUT2D eigenvalue weighted by Gasteiger charge is -2.06. The summed E-state index contributed by atoms with van der Waals surface area (Å²) in [5, 5.41) is 0. The smallest absolute Gasteiger partial charge is 0.168 e. The van der Waals surface area contributed by atoms with Crippen molar-refractivity contribution in [1.82, 2.24) is 0 Å². The Bertz CT molecular complexity index is 620. The van der Waals surface area contributed by atoms with Crippen LogP contribution in [0.2, 0.25) is 0 Å². The average Bonchev–Trinajstić information content (AvgIpc) is 2.37. The fourth-order valence-electron chi connectivity index (χ4n) is 1.68. The van der Waals surface area contributed by atoms with E-state index in [1.54, 1.807) is 0 Å². The van der Waals surface area contributed by atoms with E-state index in [9.17, 15) is 18.0 Å². The predicted octanol–water partition coefficient (Wildman–Crippen LogP) is 4.29. The lowest BCUT2D eigenvalue weighted by Crippen LogP contribution is -2.08. The van der Waals surface area contributed by atoms with Gasteiger partial charge in [0.2, 0.25) is 0 Å². The SMILES string of the molecule is O=C(Cc1c(F)cccc1F)c1cccc(F)c1Br. The Kier molecular flexibility index (Phi) is 4.04. The lowest BCUT2D eigenvalue weighted by atomic mass is 10.0. The topological polar surface area (TPSA) is 17.1 Å². The predicted molar refractivity (Wildman–Crippen MR) is 68.5 cm³/mol. The van der Waals surface area contributed by atoms with E-state index in [0.29, 0.717) is 0 Å². The number of benzene rings is 2. The van der Waals surface area contributed by atoms with Gasteiger partial charge in [-0.2, -0.15) is 0 Å². The summed E-state index contributed by atoms with van der Waals surface area (Å²) >= 11 is 2.95. The Morgan fingerprint density at radius 3 is 2.11 bits per heavy atom. The van der Waals surface area contributed by atoms with Crippen molar-refractivity contribution in [1.29, 1.82) is 0 Å². The van der Waals surface area contributed by atoms with Gasteiger partial charge in [-0.3, -0.25) is 4.79 Å². The van der Waals surface area contributed by atoms with Gasteiger partial charge in [-0.05, 0) is 34.1 Å². The highest BCUT2D eigenvalue weighted by Crippen LogP contribution is 2.23. The highest BCUT2D eigenvalue weighted by molar-refractivity contribution is 9.10. The summed E-state index contributed by atoms with van der Waals surface area (Å²) in [5.41, 5.74) is -0.258. The molecule has 0 unspecified atom stereocenters. The minimum atomic E-state index is -0.791. The van der Waals surface area contributed by atoms with E-state index in [4.69, 9.17) is 0 Å². The van der Waals surface area contributed by atoms with Crippen molar-refractivity contribution < 1.29 is 18.0 Å². The Hall–Kier alpha value is -1.62. The van der Waals surface area contributed by atoms with E-state index in [0.717, 1.165) is 12.1 Å². The van der Waals surface area contributed by atoms with Crippen molar-refractivity contribution in [2.75, 3.05) is 0 Å². The summed E-state index contributed by atoms with van der Waals surface area (Å²) in [6, 6.07) is 7.32. The second-order valence-electron chi connectivity index (χ2n) is 3.90. The lowest BCUT2D eigenvalue weighted by molar-refractivity contribution is 0.0989. The molecular formula is C14H8BrF3O. The molecule has 0 aliphatic rings. The van der Waals surface area contributed by atoms with Crippen LogP contribution in [0, 0.1) is 17.5 Å². The summed E-state index contributed by atoms with van der Waals surface area (Å²) < 4.78 is 40.1. The van der Waals surface area contributed by atoms with Crippen LogP contribution in [0.15, 0.2) is 40.9 Å². The first kappa shape index (κ1) is 13.8. The van der Waals surface area contributed by atoms with Crippen LogP contribution in [-0.2, 0) is 6.42 Å². The number of halogens is 4. The molecule has 5 heteroatoms. The van der Waals surface area contributed by atoms with Gasteiger partial charge in [0.15, 0.2) is 5.78 Å². The summed E-state index contributed by atoms with van der Waals surface area (Å²) in [6.45, 7) is 0. The molecule has 2 aromatic rings. The monoisotopic (exact) mass is 328 g/mol. The molecule has 0 heterocycles. The molecule has 0 amide bonds. The first-order valence-corrected chi connectivity index (χ1v) is 6.20. The Labute approximate surface area is 116 Å². The highest BCUT2D eigenvalue weighted by atomic mass is 79.9. The van der Waals surface area contributed by atoms with Crippen molar-refractivity contribution in [2.45, 2.75) is 6.42 Å². The molecule has 0 radical (unpaired) electrons. The number of carbonyl (C=O) groups excluding carboxylic acids is 1. The fraction of sp³-hybridized carbons (Fsp3) is 0.0714. The van der Waals surface area contributed by atoms with Gasteiger partial charge in [0.1, 0.15) is 17.5 Å². The van der Waals surface area contributed by atoms with Crippen molar-refractivity contribution in [2.24, 2.45) is 0 Å². The van der Waals surface area contributed by atoms with E-state index in [1.165, 1.54) is 24.3 Å². The minimum absolute atomic E-state index is 0.00301. The van der Waals surface area contributed by atoms with E-state index >= 15 is 0 Å². The molecule has 19 heavy (non-hydrogen) atoms. The maximum absolute atomic E-state index is 13.4. The standard InChI is InChI=1S/C14H8BrF3O/c15-14-8(3-1-6-12(14)18)13(19)7-9-10(16)4-2-5-11(9)17/h1-6H,7H2. The molecule has 0 aliphatic heterocycles. The van der Waals surface area contributed by atoms with Crippen LogP contribution in [0.25, 0.3) is 0 Å². The molecule has 0 aromatic heterocycles. The molecular weight excluding hydrogens is 321 g/mol. The largest absolute Gasteiger partial charge is 0.294 e. The maximum Gasteiger partial charge on any atom is 0.168 e. The van der Waals surface area contributed by atoms with Crippen LogP contribution in [-0.4, -0.2) is 5.78 Å². The molecule has 0 spiro atoms. The summed E-state index contributed by atoms with van der Waals surface area (Å²) in [4.78, 5) is 12.0. The van der Waals surface area contributed by atoms with Gasteiger partial charge in [0.05, 0.1) is 4.47 Å². The van der Waals surface area contributed by atoms with Crippen LogP contribution >= 0.6 is 15.9 Å². The second kappa shape index (κ2) is 5.57. The summed E-state index contributed by atoms with van der Waals surface area (Å²) in [5.74, 6) is -2.74. The zero-order valence-corrected chi connectivity index (χ0v) is 11.2. The molecule has 98 valence electrons.